The first-order valence-electron chi connectivity index (χ1n) is 10.6. The van der Waals surface area contributed by atoms with Crippen LogP contribution in [0.5, 0.6) is 11.5 Å². The first kappa shape index (κ1) is 25.8. The normalized spacial score (nSPS) is 14.6. The van der Waals surface area contributed by atoms with Gasteiger partial charge in [0.1, 0.15) is 11.5 Å². The Labute approximate surface area is 207 Å². The minimum absolute atomic E-state index is 0. The average Bonchev–Trinajstić information content (AvgIpc) is 3.20. The second-order valence-corrected chi connectivity index (χ2v) is 7.64. The number of methoxy groups -OCH3 is 2. The molecule has 0 aliphatic carbocycles. The van der Waals surface area contributed by atoms with Crippen LogP contribution in [-0.2, 0) is 17.9 Å². The second-order valence-electron chi connectivity index (χ2n) is 7.64. The Balaban J connectivity index is 0.00000363. The predicted molar refractivity (Wildman–Crippen MR) is 138 cm³/mol. The minimum atomic E-state index is -0.0382. The highest BCUT2D eigenvalue weighted by atomic mass is 127. The lowest BCUT2D eigenvalue weighted by molar-refractivity contribution is -0.128. The van der Waals surface area contributed by atoms with Gasteiger partial charge in [-0.15, -0.1) is 24.0 Å². The number of likely N-dealkylation sites (tertiary alicyclic amines) is 1. The zero-order valence-electron chi connectivity index (χ0n) is 19.2. The summed E-state index contributed by atoms with van der Waals surface area (Å²) in [6.45, 7) is 4.21. The summed E-state index contributed by atoms with van der Waals surface area (Å²) in [5.41, 5.74) is 3.27. The van der Waals surface area contributed by atoms with Gasteiger partial charge in [0.15, 0.2) is 5.96 Å². The molecular formula is C24H33IN4O3. The van der Waals surface area contributed by atoms with Crippen LogP contribution in [0.2, 0.25) is 0 Å². The van der Waals surface area contributed by atoms with Crippen LogP contribution in [0.4, 0.5) is 0 Å². The van der Waals surface area contributed by atoms with E-state index in [-0.39, 0.29) is 35.9 Å². The van der Waals surface area contributed by atoms with Gasteiger partial charge in [-0.2, -0.15) is 0 Å². The summed E-state index contributed by atoms with van der Waals surface area (Å²) in [6, 6.07) is 14.0. The number of guanidine groups is 1. The number of hydrogen-bond acceptors (Lipinski definition) is 4. The molecule has 0 radical (unpaired) electrons. The summed E-state index contributed by atoms with van der Waals surface area (Å²) in [5, 5.41) is 6.78. The maximum Gasteiger partial charge on any atom is 0.222 e. The second kappa shape index (κ2) is 12.5. The number of carbonyl (C=O) groups excluding carboxylic acids is 1. The molecule has 1 saturated heterocycles. The summed E-state index contributed by atoms with van der Waals surface area (Å²) in [4.78, 5) is 18.2. The lowest BCUT2D eigenvalue weighted by Crippen LogP contribution is -2.38. The number of nitrogens with zero attached hydrogens (tertiary/aromatic N) is 2. The third kappa shape index (κ3) is 6.75. The Kier molecular flexibility index (Phi) is 10.1. The number of rotatable bonds is 8. The van der Waals surface area contributed by atoms with E-state index >= 15 is 0 Å². The highest BCUT2D eigenvalue weighted by Gasteiger charge is 2.20. The molecule has 32 heavy (non-hydrogen) atoms. The molecule has 2 aromatic rings. The smallest absolute Gasteiger partial charge is 0.222 e. The molecule has 1 aliphatic heterocycles. The van der Waals surface area contributed by atoms with Crippen LogP contribution in [0.3, 0.4) is 0 Å². The summed E-state index contributed by atoms with van der Waals surface area (Å²) in [7, 11) is 5.06. The maximum absolute atomic E-state index is 11.9. The van der Waals surface area contributed by atoms with E-state index in [9.17, 15) is 4.79 Å². The van der Waals surface area contributed by atoms with Gasteiger partial charge < -0.3 is 25.0 Å². The molecule has 1 amide bonds. The molecule has 8 heteroatoms. The van der Waals surface area contributed by atoms with Crippen molar-refractivity contribution in [1.29, 1.82) is 0 Å². The van der Waals surface area contributed by atoms with Crippen molar-refractivity contribution in [3.8, 4) is 11.5 Å². The summed E-state index contributed by atoms with van der Waals surface area (Å²) in [5.74, 6) is 2.51. The lowest BCUT2D eigenvalue weighted by atomic mass is 10.1. The number of carbonyl (C=O) groups is 1. The number of nitrogens with one attached hydrogen (secondary N) is 2. The highest BCUT2D eigenvalue weighted by molar-refractivity contribution is 14.0. The molecule has 2 aromatic carbocycles. The van der Waals surface area contributed by atoms with Crippen LogP contribution in [-0.4, -0.2) is 44.6 Å². The van der Waals surface area contributed by atoms with E-state index in [1.807, 2.05) is 29.2 Å². The van der Waals surface area contributed by atoms with Crippen molar-refractivity contribution in [3.05, 3.63) is 59.2 Å². The third-order valence-electron chi connectivity index (χ3n) is 5.48. The van der Waals surface area contributed by atoms with Crippen molar-refractivity contribution < 1.29 is 14.3 Å². The highest BCUT2D eigenvalue weighted by Crippen LogP contribution is 2.29. The number of aliphatic imine (C=N–C) groups is 1. The van der Waals surface area contributed by atoms with Crippen LogP contribution < -0.4 is 20.1 Å². The van der Waals surface area contributed by atoms with Crippen LogP contribution in [0.25, 0.3) is 0 Å². The quantitative estimate of drug-likeness (QED) is 0.296. The van der Waals surface area contributed by atoms with Gasteiger partial charge >= 0.3 is 0 Å². The van der Waals surface area contributed by atoms with Crippen molar-refractivity contribution in [3.63, 3.8) is 0 Å². The van der Waals surface area contributed by atoms with Crippen LogP contribution >= 0.6 is 24.0 Å². The molecular weight excluding hydrogens is 519 g/mol. The maximum atomic E-state index is 11.9. The Morgan fingerprint density at radius 3 is 2.59 bits per heavy atom. The molecule has 3 rings (SSSR count). The van der Waals surface area contributed by atoms with E-state index in [1.54, 1.807) is 21.3 Å². The van der Waals surface area contributed by atoms with Crippen LogP contribution in [0.1, 0.15) is 42.5 Å². The van der Waals surface area contributed by atoms with Crippen LogP contribution in [0.15, 0.2) is 47.5 Å². The SMILES string of the molecule is CN=C(NCc1cccc(CN2CCCC2=O)c1)NC(C)c1cc(OC)ccc1OC.I. The molecule has 1 fully saturated rings. The first-order chi connectivity index (χ1) is 15.0. The van der Waals surface area contributed by atoms with Crippen molar-refractivity contribution in [2.75, 3.05) is 27.8 Å². The molecule has 2 N–H and O–H groups in total. The molecule has 1 unspecified atom stereocenters. The number of hydrogen-bond donors (Lipinski definition) is 2. The van der Waals surface area contributed by atoms with E-state index < -0.39 is 0 Å². The van der Waals surface area contributed by atoms with Gasteiger partial charge in [0.05, 0.1) is 20.3 Å². The fourth-order valence-electron chi connectivity index (χ4n) is 3.77. The molecule has 1 heterocycles. The molecule has 1 aliphatic rings. The van der Waals surface area contributed by atoms with E-state index in [2.05, 4.69) is 40.7 Å². The van der Waals surface area contributed by atoms with Crippen LogP contribution in [0, 0.1) is 0 Å². The lowest BCUT2D eigenvalue weighted by Gasteiger charge is -2.21. The van der Waals surface area contributed by atoms with Crippen molar-refractivity contribution in [2.45, 2.75) is 38.9 Å². The van der Waals surface area contributed by atoms with Gasteiger partial charge in [0.2, 0.25) is 5.91 Å². The van der Waals surface area contributed by atoms with E-state index in [4.69, 9.17) is 9.47 Å². The summed E-state index contributed by atoms with van der Waals surface area (Å²) in [6.07, 6.45) is 1.62. The Hall–Kier alpha value is -2.49. The predicted octanol–water partition coefficient (Wildman–Crippen LogP) is 3.87. The van der Waals surface area contributed by atoms with E-state index in [0.717, 1.165) is 41.2 Å². The summed E-state index contributed by atoms with van der Waals surface area (Å²) < 4.78 is 10.9. The number of halogens is 1. The largest absolute Gasteiger partial charge is 0.497 e. The van der Waals surface area contributed by atoms with E-state index in [0.29, 0.717) is 25.5 Å². The Morgan fingerprint density at radius 1 is 1.16 bits per heavy atom. The molecule has 1 atom stereocenters. The minimum Gasteiger partial charge on any atom is -0.497 e. The number of ether oxygens (including phenoxy) is 2. The van der Waals surface area contributed by atoms with E-state index in [1.165, 1.54) is 0 Å². The van der Waals surface area contributed by atoms with Crippen molar-refractivity contribution in [2.24, 2.45) is 4.99 Å². The van der Waals surface area contributed by atoms with Crippen molar-refractivity contribution >= 4 is 35.8 Å². The topological polar surface area (TPSA) is 75.2 Å². The average molecular weight is 552 g/mol. The fraction of sp³-hybridized carbons (Fsp3) is 0.417. The van der Waals surface area contributed by atoms with Gasteiger partial charge in [0.25, 0.3) is 0 Å². The summed E-state index contributed by atoms with van der Waals surface area (Å²) >= 11 is 0. The van der Waals surface area contributed by atoms with Gasteiger partial charge in [-0.3, -0.25) is 9.79 Å². The molecule has 0 aromatic heterocycles. The monoisotopic (exact) mass is 552 g/mol. The van der Waals surface area contributed by atoms with Gasteiger partial charge in [-0.05, 0) is 42.7 Å². The zero-order chi connectivity index (χ0) is 22.2. The number of amides is 1. The molecule has 0 bridgehead atoms. The van der Waals surface area contributed by atoms with Gasteiger partial charge in [-0.1, -0.05) is 24.3 Å². The van der Waals surface area contributed by atoms with Gasteiger partial charge in [0, 0.05) is 38.7 Å². The zero-order valence-corrected chi connectivity index (χ0v) is 21.5. The molecule has 174 valence electrons. The van der Waals surface area contributed by atoms with Crippen molar-refractivity contribution in [1.82, 2.24) is 15.5 Å². The molecule has 0 spiro atoms. The third-order valence-corrected chi connectivity index (χ3v) is 5.48. The van der Waals surface area contributed by atoms with Gasteiger partial charge in [-0.25, -0.2) is 0 Å². The number of benzene rings is 2. The molecule has 7 nitrogen and oxygen atoms in total. The standard InChI is InChI=1S/C24H32N4O3.HI/c1-17(21-14-20(30-3)10-11-22(21)31-4)27-24(25-2)26-15-18-7-5-8-19(13-18)16-28-12-6-9-23(28)29;/h5,7-8,10-11,13-14,17H,6,9,12,15-16H2,1-4H3,(H2,25,26,27);1H. The fourth-order valence-corrected chi connectivity index (χ4v) is 3.77. The Morgan fingerprint density at radius 2 is 1.94 bits per heavy atom. The first-order valence-corrected chi connectivity index (χ1v) is 10.6. The molecule has 0 saturated carbocycles. The Bertz CT molecular complexity index is 935.